The maximum atomic E-state index is 11.4. The first-order chi connectivity index (χ1) is 11.2. The summed E-state index contributed by atoms with van der Waals surface area (Å²) in [6, 6.07) is 1.34. The zero-order valence-corrected chi connectivity index (χ0v) is 16.5. The quantitative estimate of drug-likeness (QED) is 0.529. The van der Waals surface area contributed by atoms with E-state index in [2.05, 4.69) is 34.4 Å². The molecule has 1 saturated carbocycles. The number of nitrogens with one attached hydrogen (secondary N) is 2. The standard InChI is InChI=1S/C17H34N4O2S/c1-17(2,9-12-24(4,22)23)13-19-16(18-3)20-14-7-10-21(11-8-14)15-5-6-15/h14-15H,5-13H2,1-4H3,(H2,18,19,20). The van der Waals surface area contributed by atoms with Gasteiger partial charge in [-0.05, 0) is 37.5 Å². The highest BCUT2D eigenvalue weighted by molar-refractivity contribution is 7.90. The van der Waals surface area contributed by atoms with E-state index in [1.54, 1.807) is 7.05 Å². The minimum Gasteiger partial charge on any atom is -0.356 e. The van der Waals surface area contributed by atoms with Crippen LogP contribution in [0.1, 0.15) is 46.0 Å². The largest absolute Gasteiger partial charge is 0.356 e. The van der Waals surface area contributed by atoms with Gasteiger partial charge in [-0.15, -0.1) is 0 Å². The van der Waals surface area contributed by atoms with Crippen LogP contribution in [0.25, 0.3) is 0 Å². The lowest BCUT2D eigenvalue weighted by Crippen LogP contribution is -2.50. The molecule has 140 valence electrons. The highest BCUT2D eigenvalue weighted by Gasteiger charge is 2.32. The first kappa shape index (κ1) is 19.5. The van der Waals surface area contributed by atoms with E-state index in [1.807, 2.05) is 0 Å². The van der Waals surface area contributed by atoms with Crippen molar-refractivity contribution in [1.29, 1.82) is 0 Å². The van der Waals surface area contributed by atoms with Crippen molar-refractivity contribution >= 4 is 15.8 Å². The number of hydrogen-bond acceptors (Lipinski definition) is 4. The number of sulfone groups is 1. The van der Waals surface area contributed by atoms with Gasteiger partial charge < -0.3 is 15.5 Å². The maximum absolute atomic E-state index is 11.4. The fourth-order valence-electron chi connectivity index (χ4n) is 3.11. The van der Waals surface area contributed by atoms with Crippen LogP contribution in [0, 0.1) is 5.41 Å². The summed E-state index contributed by atoms with van der Waals surface area (Å²) in [4.78, 5) is 6.94. The molecule has 1 heterocycles. The molecule has 0 radical (unpaired) electrons. The molecule has 2 aliphatic rings. The molecular formula is C17H34N4O2S. The van der Waals surface area contributed by atoms with Crippen molar-refractivity contribution in [3.8, 4) is 0 Å². The average Bonchev–Trinajstić information content (AvgIpc) is 3.34. The van der Waals surface area contributed by atoms with Crippen LogP contribution in [0.2, 0.25) is 0 Å². The van der Waals surface area contributed by atoms with Gasteiger partial charge in [0, 0.05) is 45.0 Å². The third kappa shape index (κ3) is 6.97. The van der Waals surface area contributed by atoms with Crippen LogP contribution in [0.3, 0.4) is 0 Å². The van der Waals surface area contributed by atoms with Crippen molar-refractivity contribution in [2.75, 3.05) is 38.7 Å². The number of rotatable bonds is 7. The second-order valence-electron chi connectivity index (χ2n) is 8.16. The Balaban J connectivity index is 1.71. The van der Waals surface area contributed by atoms with E-state index in [9.17, 15) is 8.42 Å². The fraction of sp³-hybridized carbons (Fsp3) is 0.941. The summed E-state index contributed by atoms with van der Waals surface area (Å²) in [7, 11) is -1.12. The molecule has 1 aliphatic heterocycles. The molecule has 0 atom stereocenters. The van der Waals surface area contributed by atoms with E-state index in [4.69, 9.17) is 0 Å². The molecule has 0 amide bonds. The lowest BCUT2D eigenvalue weighted by Gasteiger charge is -2.33. The van der Waals surface area contributed by atoms with Gasteiger partial charge in [0.05, 0.1) is 5.75 Å². The van der Waals surface area contributed by atoms with E-state index in [1.165, 1.54) is 32.2 Å². The van der Waals surface area contributed by atoms with Crippen molar-refractivity contribution in [2.24, 2.45) is 10.4 Å². The minimum absolute atomic E-state index is 0.0873. The third-order valence-electron chi connectivity index (χ3n) is 5.04. The Morgan fingerprint density at radius 2 is 1.83 bits per heavy atom. The molecule has 2 rings (SSSR count). The van der Waals surface area contributed by atoms with Gasteiger partial charge in [-0.3, -0.25) is 4.99 Å². The van der Waals surface area contributed by atoms with Crippen LogP contribution in [0.15, 0.2) is 4.99 Å². The van der Waals surface area contributed by atoms with Gasteiger partial charge in [0.2, 0.25) is 0 Å². The molecule has 1 saturated heterocycles. The van der Waals surface area contributed by atoms with Crippen LogP contribution in [0.5, 0.6) is 0 Å². The summed E-state index contributed by atoms with van der Waals surface area (Å²) in [5.41, 5.74) is -0.0873. The third-order valence-corrected chi connectivity index (χ3v) is 5.99. The van der Waals surface area contributed by atoms with Gasteiger partial charge >= 0.3 is 0 Å². The smallest absolute Gasteiger partial charge is 0.191 e. The number of aliphatic imine (C=N–C) groups is 1. The molecule has 7 heteroatoms. The zero-order valence-electron chi connectivity index (χ0n) is 15.6. The summed E-state index contributed by atoms with van der Waals surface area (Å²) in [5, 5.41) is 6.89. The van der Waals surface area contributed by atoms with Crippen molar-refractivity contribution in [1.82, 2.24) is 15.5 Å². The topological polar surface area (TPSA) is 73.8 Å². The van der Waals surface area contributed by atoms with Crippen LogP contribution in [0.4, 0.5) is 0 Å². The number of piperidine rings is 1. The van der Waals surface area contributed by atoms with Gasteiger partial charge in [-0.1, -0.05) is 13.8 Å². The van der Waals surface area contributed by atoms with Gasteiger partial charge in [-0.2, -0.15) is 0 Å². The van der Waals surface area contributed by atoms with E-state index in [0.717, 1.165) is 24.8 Å². The van der Waals surface area contributed by atoms with E-state index in [0.29, 0.717) is 19.0 Å². The zero-order chi connectivity index (χ0) is 17.8. The van der Waals surface area contributed by atoms with Gasteiger partial charge in [0.25, 0.3) is 0 Å². The average molecular weight is 359 g/mol. The molecule has 0 bridgehead atoms. The second kappa shape index (κ2) is 8.04. The van der Waals surface area contributed by atoms with Crippen molar-refractivity contribution < 1.29 is 8.42 Å². The van der Waals surface area contributed by atoms with Crippen LogP contribution < -0.4 is 10.6 Å². The second-order valence-corrected chi connectivity index (χ2v) is 10.4. The highest BCUT2D eigenvalue weighted by Crippen LogP contribution is 2.29. The Bertz CT molecular complexity index is 533. The first-order valence-corrected chi connectivity index (χ1v) is 11.1. The van der Waals surface area contributed by atoms with E-state index >= 15 is 0 Å². The Kier molecular flexibility index (Phi) is 6.53. The summed E-state index contributed by atoms with van der Waals surface area (Å²) >= 11 is 0. The Morgan fingerprint density at radius 1 is 1.21 bits per heavy atom. The summed E-state index contributed by atoms with van der Waals surface area (Å²) in [6.07, 6.45) is 7.03. The van der Waals surface area contributed by atoms with E-state index < -0.39 is 9.84 Å². The Morgan fingerprint density at radius 3 is 2.33 bits per heavy atom. The van der Waals surface area contributed by atoms with Crippen molar-refractivity contribution in [3.05, 3.63) is 0 Å². The molecular weight excluding hydrogens is 324 g/mol. The predicted molar refractivity (Wildman–Crippen MR) is 100 cm³/mol. The molecule has 0 aromatic rings. The number of likely N-dealkylation sites (tertiary alicyclic amines) is 1. The van der Waals surface area contributed by atoms with E-state index in [-0.39, 0.29) is 11.2 Å². The summed E-state index contributed by atoms with van der Waals surface area (Å²) in [5.74, 6) is 1.06. The van der Waals surface area contributed by atoms with Crippen LogP contribution in [-0.4, -0.2) is 70.1 Å². The lowest BCUT2D eigenvalue weighted by molar-refractivity contribution is 0.197. The SMILES string of the molecule is CN=C(NCC(C)(C)CCS(C)(=O)=O)NC1CCN(C2CC2)CC1. The molecule has 1 aliphatic carbocycles. The first-order valence-electron chi connectivity index (χ1n) is 9.07. The lowest BCUT2D eigenvalue weighted by atomic mass is 9.90. The maximum Gasteiger partial charge on any atom is 0.191 e. The molecule has 2 N–H and O–H groups in total. The highest BCUT2D eigenvalue weighted by atomic mass is 32.2. The Hall–Kier alpha value is -0.820. The molecule has 2 fully saturated rings. The van der Waals surface area contributed by atoms with Crippen LogP contribution in [-0.2, 0) is 9.84 Å². The van der Waals surface area contributed by atoms with Crippen molar-refractivity contribution in [3.63, 3.8) is 0 Å². The van der Waals surface area contributed by atoms with Crippen molar-refractivity contribution in [2.45, 2.75) is 58.0 Å². The predicted octanol–water partition coefficient (Wildman–Crippen LogP) is 1.24. The fourth-order valence-corrected chi connectivity index (χ4v) is 4.03. The molecule has 24 heavy (non-hydrogen) atoms. The monoisotopic (exact) mass is 358 g/mol. The number of guanidine groups is 1. The normalized spacial score (nSPS) is 21.8. The molecule has 0 spiro atoms. The molecule has 0 aromatic carbocycles. The molecule has 0 unspecified atom stereocenters. The number of hydrogen-bond donors (Lipinski definition) is 2. The number of nitrogens with zero attached hydrogens (tertiary/aromatic N) is 2. The Labute approximate surface area is 147 Å². The van der Waals surface area contributed by atoms with Gasteiger partial charge in [0.15, 0.2) is 5.96 Å². The minimum atomic E-state index is -2.91. The van der Waals surface area contributed by atoms with Gasteiger partial charge in [-0.25, -0.2) is 8.42 Å². The molecule has 6 nitrogen and oxygen atoms in total. The summed E-state index contributed by atoms with van der Waals surface area (Å²) in [6.45, 7) is 7.25. The summed E-state index contributed by atoms with van der Waals surface area (Å²) < 4.78 is 22.7. The van der Waals surface area contributed by atoms with Gasteiger partial charge in [0.1, 0.15) is 9.84 Å². The molecule has 0 aromatic heterocycles. The van der Waals surface area contributed by atoms with Crippen LogP contribution >= 0.6 is 0 Å².